The van der Waals surface area contributed by atoms with E-state index in [2.05, 4.69) is 33.0 Å². The molecule has 0 radical (unpaired) electrons. The summed E-state index contributed by atoms with van der Waals surface area (Å²) in [5.74, 6) is 0.764. The van der Waals surface area contributed by atoms with Crippen LogP contribution in [0.5, 0.6) is 0 Å². The SMILES string of the molecule is BC1C=CC=C(C)C1. The molecule has 0 nitrogen and oxygen atoms in total. The maximum Gasteiger partial charge on any atom is 0.110 e. The molecular weight excluding hydrogens is 94.9 g/mol. The van der Waals surface area contributed by atoms with Gasteiger partial charge >= 0.3 is 0 Å². The Morgan fingerprint density at radius 3 is 2.88 bits per heavy atom. The van der Waals surface area contributed by atoms with Crippen LogP contribution in [-0.2, 0) is 0 Å². The minimum absolute atomic E-state index is 0.764. The van der Waals surface area contributed by atoms with E-state index in [9.17, 15) is 0 Å². The van der Waals surface area contributed by atoms with Gasteiger partial charge < -0.3 is 0 Å². The summed E-state index contributed by atoms with van der Waals surface area (Å²) in [6.07, 6.45) is 7.81. The Balaban J connectivity index is 2.59. The number of hydrogen-bond acceptors (Lipinski definition) is 0. The highest BCUT2D eigenvalue weighted by atomic mass is 14.0. The Bertz CT molecular complexity index is 133. The predicted molar refractivity (Wildman–Crippen MR) is 39.8 cm³/mol. The molecule has 0 saturated heterocycles. The Morgan fingerprint density at radius 1 is 1.75 bits per heavy atom. The normalized spacial score (nSPS) is 27.6. The van der Waals surface area contributed by atoms with Crippen molar-refractivity contribution in [1.82, 2.24) is 0 Å². The third-order valence-electron chi connectivity index (χ3n) is 1.46. The number of hydrogen-bond donors (Lipinski definition) is 0. The van der Waals surface area contributed by atoms with Crippen LogP contribution in [0.4, 0.5) is 0 Å². The zero-order chi connectivity index (χ0) is 5.98. The van der Waals surface area contributed by atoms with Crippen LogP contribution in [0.15, 0.2) is 23.8 Å². The summed E-state index contributed by atoms with van der Waals surface area (Å²) in [7, 11) is 2.24. The van der Waals surface area contributed by atoms with Gasteiger partial charge in [-0.15, -0.1) is 0 Å². The van der Waals surface area contributed by atoms with Gasteiger partial charge in [0.05, 0.1) is 0 Å². The fourth-order valence-corrected chi connectivity index (χ4v) is 1.05. The van der Waals surface area contributed by atoms with Crippen LogP contribution < -0.4 is 0 Å². The molecule has 0 aromatic rings. The van der Waals surface area contributed by atoms with E-state index in [0.29, 0.717) is 0 Å². The molecule has 0 aromatic carbocycles. The van der Waals surface area contributed by atoms with E-state index < -0.39 is 0 Å². The Labute approximate surface area is 51.7 Å². The zero-order valence-corrected chi connectivity index (χ0v) is 5.52. The Kier molecular flexibility index (Phi) is 1.57. The molecular formula is C7H11B. The van der Waals surface area contributed by atoms with E-state index in [4.69, 9.17) is 0 Å². The van der Waals surface area contributed by atoms with E-state index in [1.54, 1.807) is 0 Å². The van der Waals surface area contributed by atoms with Crippen molar-refractivity contribution in [2.45, 2.75) is 19.2 Å². The van der Waals surface area contributed by atoms with Crippen LogP contribution in [-0.4, -0.2) is 7.85 Å². The van der Waals surface area contributed by atoms with Crippen LogP contribution in [0.2, 0.25) is 5.82 Å². The molecule has 1 aliphatic rings. The van der Waals surface area contributed by atoms with Gasteiger partial charge in [-0.25, -0.2) is 0 Å². The molecule has 1 unspecified atom stereocenters. The van der Waals surface area contributed by atoms with Crippen LogP contribution >= 0.6 is 0 Å². The molecule has 0 heterocycles. The molecule has 0 bridgehead atoms. The molecule has 1 aliphatic carbocycles. The maximum absolute atomic E-state index is 2.24. The summed E-state index contributed by atoms with van der Waals surface area (Å²) in [6.45, 7) is 2.18. The van der Waals surface area contributed by atoms with Crippen LogP contribution in [0.1, 0.15) is 13.3 Å². The third kappa shape index (κ3) is 1.26. The molecule has 0 aromatic heterocycles. The lowest BCUT2D eigenvalue weighted by Gasteiger charge is -2.08. The minimum atomic E-state index is 0.764. The van der Waals surface area contributed by atoms with Gasteiger partial charge in [-0.3, -0.25) is 0 Å². The summed E-state index contributed by atoms with van der Waals surface area (Å²) in [4.78, 5) is 0. The van der Waals surface area contributed by atoms with Crippen molar-refractivity contribution in [1.29, 1.82) is 0 Å². The number of rotatable bonds is 0. The monoisotopic (exact) mass is 106 g/mol. The maximum atomic E-state index is 2.24. The molecule has 1 rings (SSSR count). The van der Waals surface area contributed by atoms with Crippen LogP contribution in [0.25, 0.3) is 0 Å². The van der Waals surface area contributed by atoms with E-state index in [-0.39, 0.29) is 0 Å². The molecule has 0 fully saturated rings. The molecule has 0 amide bonds. The second kappa shape index (κ2) is 2.21. The van der Waals surface area contributed by atoms with Gasteiger partial charge in [-0.05, 0) is 19.2 Å². The molecule has 0 aliphatic heterocycles. The van der Waals surface area contributed by atoms with Crippen molar-refractivity contribution in [2.24, 2.45) is 0 Å². The first kappa shape index (κ1) is 5.68. The van der Waals surface area contributed by atoms with E-state index in [0.717, 1.165) is 5.82 Å². The van der Waals surface area contributed by atoms with Crippen molar-refractivity contribution in [2.75, 3.05) is 0 Å². The minimum Gasteiger partial charge on any atom is -0.0891 e. The summed E-state index contributed by atoms with van der Waals surface area (Å²) in [5, 5.41) is 0. The molecule has 8 heavy (non-hydrogen) atoms. The van der Waals surface area contributed by atoms with Crippen molar-refractivity contribution in [3.05, 3.63) is 23.8 Å². The first-order valence-corrected chi connectivity index (χ1v) is 3.13. The second-order valence-corrected chi connectivity index (χ2v) is 2.58. The summed E-state index contributed by atoms with van der Waals surface area (Å²) in [5.41, 5.74) is 1.50. The summed E-state index contributed by atoms with van der Waals surface area (Å²) >= 11 is 0. The van der Waals surface area contributed by atoms with Crippen LogP contribution in [0.3, 0.4) is 0 Å². The molecule has 42 valence electrons. The van der Waals surface area contributed by atoms with Crippen molar-refractivity contribution in [3.8, 4) is 0 Å². The quantitative estimate of drug-likeness (QED) is 0.408. The first-order chi connectivity index (χ1) is 3.79. The van der Waals surface area contributed by atoms with Gasteiger partial charge in [0.2, 0.25) is 0 Å². The largest absolute Gasteiger partial charge is 0.110 e. The molecule has 0 N–H and O–H groups in total. The molecule has 1 atom stereocenters. The number of allylic oxidation sites excluding steroid dienone is 4. The van der Waals surface area contributed by atoms with E-state index >= 15 is 0 Å². The average Bonchev–Trinajstić information content (AvgIpc) is 1.64. The standard InChI is InChI=1S/C7H11B/c1-6-3-2-4-7(8)5-6/h2-4,7H,5,8H2,1H3. The van der Waals surface area contributed by atoms with E-state index in [1.807, 2.05) is 0 Å². The summed E-state index contributed by atoms with van der Waals surface area (Å²) in [6, 6.07) is 0. The van der Waals surface area contributed by atoms with Gasteiger partial charge in [-0.1, -0.05) is 23.8 Å². The first-order valence-electron chi connectivity index (χ1n) is 3.13. The highest BCUT2D eigenvalue weighted by molar-refractivity contribution is 6.13. The smallest absolute Gasteiger partial charge is 0.0891 e. The molecule has 0 spiro atoms. The second-order valence-electron chi connectivity index (χ2n) is 2.58. The topological polar surface area (TPSA) is 0 Å². The van der Waals surface area contributed by atoms with Crippen molar-refractivity contribution in [3.63, 3.8) is 0 Å². The van der Waals surface area contributed by atoms with Crippen molar-refractivity contribution < 1.29 is 0 Å². The Morgan fingerprint density at radius 2 is 2.50 bits per heavy atom. The molecule has 1 heteroatoms. The van der Waals surface area contributed by atoms with E-state index in [1.165, 1.54) is 12.0 Å². The Hall–Kier alpha value is -0.455. The fraction of sp³-hybridized carbons (Fsp3) is 0.429. The van der Waals surface area contributed by atoms with Gasteiger partial charge in [0.1, 0.15) is 7.85 Å². The van der Waals surface area contributed by atoms with Gasteiger partial charge in [0.25, 0.3) is 0 Å². The van der Waals surface area contributed by atoms with Gasteiger partial charge in [-0.2, -0.15) is 0 Å². The zero-order valence-electron chi connectivity index (χ0n) is 5.52. The predicted octanol–water partition coefficient (Wildman–Crippen LogP) is 1.31. The van der Waals surface area contributed by atoms with Gasteiger partial charge in [0, 0.05) is 0 Å². The lowest BCUT2D eigenvalue weighted by Crippen LogP contribution is -1.91. The highest BCUT2D eigenvalue weighted by Gasteiger charge is 2.00. The van der Waals surface area contributed by atoms with Crippen molar-refractivity contribution >= 4 is 7.85 Å². The average molecular weight is 106 g/mol. The lowest BCUT2D eigenvalue weighted by molar-refractivity contribution is 0.956. The van der Waals surface area contributed by atoms with Gasteiger partial charge in [0.15, 0.2) is 0 Å². The highest BCUT2D eigenvalue weighted by Crippen LogP contribution is 2.18. The van der Waals surface area contributed by atoms with Crippen LogP contribution in [0, 0.1) is 0 Å². The molecule has 0 saturated carbocycles. The summed E-state index contributed by atoms with van der Waals surface area (Å²) < 4.78 is 0. The third-order valence-corrected chi connectivity index (χ3v) is 1.46. The lowest BCUT2D eigenvalue weighted by atomic mass is 9.80. The fourth-order valence-electron chi connectivity index (χ4n) is 1.05.